The van der Waals surface area contributed by atoms with E-state index in [4.69, 9.17) is 50.7 Å². The molecule has 12 atom stereocenters. The van der Waals surface area contributed by atoms with E-state index in [1.54, 1.807) is 0 Å². The number of amides is 5. The molecule has 3 fully saturated rings. The van der Waals surface area contributed by atoms with E-state index in [1.165, 1.54) is 0 Å². The number of unbranched alkanes of at least 4 members (excludes halogenated alkanes) is 12. The second kappa shape index (κ2) is 50.1. The molecule has 522 valence electrons. The highest BCUT2D eigenvalue weighted by atomic mass is 16.7. The molecular formula is C60H110BN5O24. The minimum atomic E-state index is -1.37. The zero-order chi connectivity index (χ0) is 65.6. The van der Waals surface area contributed by atoms with Crippen molar-refractivity contribution < 1.29 is 117 Å². The Morgan fingerprint density at radius 1 is 0.378 bits per heavy atom. The van der Waals surface area contributed by atoms with Crippen LogP contribution in [0.15, 0.2) is 0 Å². The summed E-state index contributed by atoms with van der Waals surface area (Å²) >= 11 is 0. The summed E-state index contributed by atoms with van der Waals surface area (Å²) in [5.41, 5.74) is -1.37. The molecule has 0 aromatic rings. The zero-order valence-electron chi connectivity index (χ0n) is 52.9. The van der Waals surface area contributed by atoms with Crippen LogP contribution in [0.5, 0.6) is 0 Å². The van der Waals surface area contributed by atoms with Gasteiger partial charge in [-0.2, -0.15) is 0 Å². The van der Waals surface area contributed by atoms with Gasteiger partial charge in [0.25, 0.3) is 8.05 Å². The quantitative estimate of drug-likeness (QED) is 0.0245. The lowest BCUT2D eigenvalue weighted by Crippen LogP contribution is -2.58. The fraction of sp³-hybridized carbons (Fsp3) is 0.917. The molecule has 0 aliphatic carbocycles. The van der Waals surface area contributed by atoms with E-state index in [2.05, 4.69) is 31.2 Å². The Kier molecular flexibility index (Phi) is 45.1. The normalized spacial score (nSPS) is 25.1. The maximum absolute atomic E-state index is 13.8. The van der Waals surface area contributed by atoms with Gasteiger partial charge >= 0.3 is 0 Å². The van der Waals surface area contributed by atoms with E-state index in [1.807, 2.05) is 0 Å². The molecular weight excluding hydrogens is 1190 g/mol. The van der Waals surface area contributed by atoms with Crippen molar-refractivity contribution in [3.8, 4) is 0 Å². The zero-order valence-corrected chi connectivity index (χ0v) is 52.9. The van der Waals surface area contributed by atoms with Gasteiger partial charge in [-0.15, -0.1) is 0 Å². The van der Waals surface area contributed by atoms with Crippen molar-refractivity contribution >= 4 is 37.6 Å². The van der Waals surface area contributed by atoms with Gasteiger partial charge in [0.15, 0.2) is 18.9 Å². The highest BCUT2D eigenvalue weighted by molar-refractivity contribution is 5.97. The molecule has 3 saturated heterocycles. The first kappa shape index (κ1) is 80.9. The number of nitrogens with one attached hydrogen (secondary N) is 5. The third kappa shape index (κ3) is 36.4. The van der Waals surface area contributed by atoms with Crippen LogP contribution in [0.2, 0.25) is 0 Å². The summed E-state index contributed by atoms with van der Waals surface area (Å²) in [7, 11) is 5.09. The van der Waals surface area contributed by atoms with E-state index in [-0.39, 0.29) is 121 Å². The van der Waals surface area contributed by atoms with Crippen LogP contribution in [0.1, 0.15) is 161 Å². The van der Waals surface area contributed by atoms with Crippen LogP contribution in [-0.2, 0) is 71.3 Å². The van der Waals surface area contributed by atoms with E-state index in [9.17, 15) is 69.9 Å². The lowest BCUT2D eigenvalue weighted by molar-refractivity contribution is -0.257. The number of carbonyl (C=O) groups excluding carboxylic acids is 5. The Morgan fingerprint density at radius 2 is 0.667 bits per heavy atom. The Labute approximate surface area is 531 Å². The van der Waals surface area contributed by atoms with E-state index in [0.717, 1.165) is 64.2 Å². The van der Waals surface area contributed by atoms with Crippen LogP contribution in [0.3, 0.4) is 0 Å². The number of aliphatic hydroxyl groups is 9. The Bertz CT molecular complexity index is 1730. The van der Waals surface area contributed by atoms with E-state index in [0.29, 0.717) is 91.1 Å². The van der Waals surface area contributed by atoms with Gasteiger partial charge in [-0.1, -0.05) is 51.4 Å². The third-order valence-electron chi connectivity index (χ3n) is 15.5. The van der Waals surface area contributed by atoms with Crippen molar-refractivity contribution in [1.29, 1.82) is 0 Å². The summed E-state index contributed by atoms with van der Waals surface area (Å²) < 4.78 is 56.4. The number of hydrogen-bond donors (Lipinski definition) is 14. The second-order valence-electron chi connectivity index (χ2n) is 23.4. The fourth-order valence-electron chi connectivity index (χ4n) is 10.1. The molecule has 29 nitrogen and oxygen atoms in total. The van der Waals surface area contributed by atoms with Crippen molar-refractivity contribution in [3.63, 3.8) is 0 Å². The first-order chi connectivity index (χ1) is 43.5. The molecule has 30 heteroatoms. The number of aliphatic hydroxyl groups excluding tert-OH is 9. The van der Waals surface area contributed by atoms with Gasteiger partial charge in [0.05, 0.1) is 77.8 Å². The fourth-order valence-corrected chi connectivity index (χ4v) is 10.1. The van der Waals surface area contributed by atoms with Crippen LogP contribution >= 0.6 is 0 Å². The SMILES string of the molecule is [B]OCCCCCCNC(=O)CCCC(=O)NC(COCCC(=O)NCCCCCCOC1CC(O)C(O)C(CO)O1)(COCCC(=O)NCCCCCCOC1CC(O)C(O)C(CO)O1)COCCC(=O)NCCCCCCOC1CC(O)C(O)C(CO)O1. The Morgan fingerprint density at radius 3 is 0.978 bits per heavy atom. The molecule has 0 bridgehead atoms. The summed E-state index contributed by atoms with van der Waals surface area (Å²) in [6, 6.07) is 0. The summed E-state index contributed by atoms with van der Waals surface area (Å²) in [6.45, 7) is 1.27. The molecule has 14 N–H and O–H groups in total. The number of carbonyl (C=O) groups is 5. The smallest absolute Gasteiger partial charge is 0.282 e. The highest BCUT2D eigenvalue weighted by Gasteiger charge is 2.39. The van der Waals surface area contributed by atoms with Gasteiger partial charge in [0, 0.05) is 104 Å². The van der Waals surface area contributed by atoms with Crippen LogP contribution in [0.4, 0.5) is 0 Å². The molecule has 12 unspecified atom stereocenters. The maximum atomic E-state index is 13.8. The molecule has 0 saturated carbocycles. The molecule has 3 aliphatic heterocycles. The predicted octanol–water partition coefficient (Wildman–Crippen LogP) is -1.42. The van der Waals surface area contributed by atoms with Crippen LogP contribution in [0.25, 0.3) is 0 Å². The molecule has 3 aliphatic rings. The number of ether oxygens (including phenoxy) is 9. The summed E-state index contributed by atoms with van der Waals surface area (Å²) in [5, 5.41) is 103. The van der Waals surface area contributed by atoms with Gasteiger partial charge in [0.2, 0.25) is 29.5 Å². The van der Waals surface area contributed by atoms with Crippen LogP contribution in [0, 0.1) is 0 Å². The molecule has 0 aromatic carbocycles. The van der Waals surface area contributed by atoms with Crippen molar-refractivity contribution in [2.75, 3.05) is 112 Å². The van der Waals surface area contributed by atoms with Crippen molar-refractivity contribution in [3.05, 3.63) is 0 Å². The minimum Gasteiger partial charge on any atom is -0.448 e. The van der Waals surface area contributed by atoms with E-state index < -0.39 is 105 Å². The van der Waals surface area contributed by atoms with Crippen molar-refractivity contribution in [2.45, 2.75) is 240 Å². The minimum absolute atomic E-state index is 0.00843. The van der Waals surface area contributed by atoms with Crippen LogP contribution in [-0.4, -0.2) is 275 Å². The van der Waals surface area contributed by atoms with Gasteiger partial charge < -0.3 is 120 Å². The highest BCUT2D eigenvalue weighted by Crippen LogP contribution is 2.24. The Balaban J connectivity index is 1.52. The van der Waals surface area contributed by atoms with Crippen LogP contribution < -0.4 is 26.6 Å². The molecule has 90 heavy (non-hydrogen) atoms. The Hall–Kier alpha value is -3.35. The van der Waals surface area contributed by atoms with E-state index >= 15 is 0 Å². The third-order valence-corrected chi connectivity index (χ3v) is 15.5. The first-order valence-corrected chi connectivity index (χ1v) is 32.7. The number of rotatable bonds is 54. The summed E-state index contributed by atoms with van der Waals surface area (Å²) in [4.78, 5) is 65.2. The molecule has 5 amide bonds. The summed E-state index contributed by atoms with van der Waals surface area (Å²) in [5.74, 6) is -1.40. The number of hydrogen-bond acceptors (Lipinski definition) is 24. The average Bonchev–Trinajstić information content (AvgIpc) is 2.11. The van der Waals surface area contributed by atoms with Crippen molar-refractivity contribution in [2.24, 2.45) is 0 Å². The molecule has 3 rings (SSSR count). The lowest BCUT2D eigenvalue weighted by atomic mass is 10.0. The average molecular weight is 1300 g/mol. The molecule has 0 aromatic heterocycles. The second-order valence-corrected chi connectivity index (χ2v) is 23.4. The molecule has 3 heterocycles. The maximum Gasteiger partial charge on any atom is 0.282 e. The lowest BCUT2D eigenvalue weighted by Gasteiger charge is -2.36. The summed E-state index contributed by atoms with van der Waals surface area (Å²) in [6.07, 6.45) is 1.25. The monoisotopic (exact) mass is 1300 g/mol. The molecule has 2 radical (unpaired) electrons. The van der Waals surface area contributed by atoms with Gasteiger partial charge in [-0.3, -0.25) is 24.0 Å². The standard InChI is InChI=1S/C60H110BN5O24/c61-87-30-16-8-4-12-23-62-49(73)18-17-19-53(77)66-60(40-81-31-20-50(74)63-24-9-1-5-13-27-84-54-34-43(70)57(78)46(37-67)88-54,41-82-32-21-51(75)64-25-10-2-6-14-28-85-55-35-44(71)58(79)47(38-68)89-55)42-83-33-22-52(76)65-26-11-3-7-15-29-86-56-36-45(72)59(80)48(39-69)90-56/h43-48,54-59,67-72,78-80H,1-42H2,(H,62,73)(H,63,74)(H,64,75)(H,65,76)(H,66,77). The predicted molar refractivity (Wildman–Crippen MR) is 324 cm³/mol. The largest absolute Gasteiger partial charge is 0.448 e. The van der Waals surface area contributed by atoms with Gasteiger partial charge in [-0.05, 0) is 57.8 Å². The van der Waals surface area contributed by atoms with Gasteiger partial charge in [0.1, 0.15) is 42.2 Å². The van der Waals surface area contributed by atoms with Crippen molar-refractivity contribution in [1.82, 2.24) is 26.6 Å². The first-order valence-electron chi connectivity index (χ1n) is 32.7. The van der Waals surface area contributed by atoms with Gasteiger partial charge in [-0.25, -0.2) is 0 Å². The molecule has 0 spiro atoms. The topological polar surface area (TPSA) is 420 Å².